The van der Waals surface area contributed by atoms with Gasteiger partial charge in [0, 0.05) is 12.1 Å². The summed E-state index contributed by atoms with van der Waals surface area (Å²) in [5.41, 5.74) is 0.283. The fraction of sp³-hybridized carbons (Fsp3) is 0.652. The minimum absolute atomic E-state index is 0.0249. The van der Waals surface area contributed by atoms with Crippen LogP contribution in [0.5, 0.6) is 0 Å². The van der Waals surface area contributed by atoms with Gasteiger partial charge in [0.1, 0.15) is 0 Å². The molecular weight excluding hydrogens is 402 g/mol. The summed E-state index contributed by atoms with van der Waals surface area (Å²) in [7, 11) is -3.10. The molecular formula is C23H31NO5S. The van der Waals surface area contributed by atoms with E-state index in [9.17, 15) is 18.0 Å². The molecule has 2 aliphatic carbocycles. The summed E-state index contributed by atoms with van der Waals surface area (Å²) in [6.45, 7) is -0.305. The van der Waals surface area contributed by atoms with Gasteiger partial charge in [-0.15, -0.1) is 0 Å². The Labute approximate surface area is 178 Å². The molecule has 7 heteroatoms. The van der Waals surface area contributed by atoms with Crippen molar-refractivity contribution in [2.75, 3.05) is 18.1 Å². The summed E-state index contributed by atoms with van der Waals surface area (Å²) in [4.78, 5) is 28.0. The second kappa shape index (κ2) is 8.69. The summed E-state index contributed by atoms with van der Waals surface area (Å²) in [6, 6.07) is 9.47. The molecule has 1 aliphatic heterocycles. The van der Waals surface area contributed by atoms with E-state index in [4.69, 9.17) is 4.74 Å². The summed E-state index contributed by atoms with van der Waals surface area (Å²) >= 11 is 0. The van der Waals surface area contributed by atoms with Crippen LogP contribution in [-0.4, -0.2) is 55.4 Å². The molecule has 1 heterocycles. The molecule has 2 saturated carbocycles. The van der Waals surface area contributed by atoms with E-state index in [2.05, 4.69) is 0 Å². The number of benzene rings is 1. The molecule has 164 valence electrons. The Hall–Kier alpha value is -1.89. The molecule has 1 aromatic carbocycles. The average molecular weight is 434 g/mol. The molecule has 1 atom stereocenters. The van der Waals surface area contributed by atoms with Crippen molar-refractivity contribution in [2.45, 2.75) is 75.3 Å². The van der Waals surface area contributed by atoms with Crippen molar-refractivity contribution >= 4 is 21.7 Å². The van der Waals surface area contributed by atoms with Gasteiger partial charge in [-0.2, -0.15) is 0 Å². The minimum Gasteiger partial charge on any atom is -0.455 e. The van der Waals surface area contributed by atoms with Crippen LogP contribution in [0.1, 0.15) is 63.4 Å². The van der Waals surface area contributed by atoms with Crippen LogP contribution in [0.25, 0.3) is 0 Å². The van der Waals surface area contributed by atoms with Crippen molar-refractivity contribution in [1.29, 1.82) is 0 Å². The summed E-state index contributed by atoms with van der Waals surface area (Å²) < 4.78 is 29.6. The van der Waals surface area contributed by atoms with Crippen LogP contribution in [0.15, 0.2) is 30.3 Å². The lowest BCUT2D eigenvalue weighted by Crippen LogP contribution is -2.49. The number of rotatable bonds is 6. The first kappa shape index (κ1) is 21.3. The van der Waals surface area contributed by atoms with Gasteiger partial charge in [-0.25, -0.2) is 8.42 Å². The fourth-order valence-electron chi connectivity index (χ4n) is 5.57. The molecule has 0 N–H and O–H groups in total. The first-order valence-corrected chi connectivity index (χ1v) is 13.0. The van der Waals surface area contributed by atoms with Gasteiger partial charge in [-0.3, -0.25) is 9.59 Å². The number of sulfone groups is 1. The molecule has 0 spiro atoms. The summed E-state index contributed by atoms with van der Waals surface area (Å²) in [6.07, 6.45) is 7.75. The summed E-state index contributed by atoms with van der Waals surface area (Å²) in [5, 5.41) is 0. The van der Waals surface area contributed by atoms with E-state index < -0.39 is 15.3 Å². The van der Waals surface area contributed by atoms with Gasteiger partial charge in [-0.1, -0.05) is 56.0 Å². The zero-order valence-electron chi connectivity index (χ0n) is 17.4. The Morgan fingerprint density at radius 2 is 1.63 bits per heavy atom. The van der Waals surface area contributed by atoms with Gasteiger partial charge in [0.25, 0.3) is 5.91 Å². The Kier molecular flexibility index (Phi) is 6.19. The van der Waals surface area contributed by atoms with Crippen LogP contribution in [0.4, 0.5) is 0 Å². The van der Waals surface area contributed by atoms with Gasteiger partial charge in [0.2, 0.25) is 0 Å². The lowest BCUT2D eigenvalue weighted by molar-refractivity contribution is -0.158. The molecule has 0 radical (unpaired) electrons. The Balaban J connectivity index is 1.47. The number of carbonyl (C=O) groups excluding carboxylic acids is 2. The number of hydrogen-bond acceptors (Lipinski definition) is 5. The maximum atomic E-state index is 13.2. The second-order valence-corrected chi connectivity index (χ2v) is 11.3. The number of esters is 1. The molecule has 3 fully saturated rings. The molecule has 4 rings (SSSR count). The number of carbonyl (C=O) groups is 2. The van der Waals surface area contributed by atoms with Crippen LogP contribution in [0.2, 0.25) is 0 Å². The first-order valence-electron chi connectivity index (χ1n) is 11.2. The molecule has 6 nitrogen and oxygen atoms in total. The highest BCUT2D eigenvalue weighted by molar-refractivity contribution is 7.91. The molecule has 1 aromatic rings. The van der Waals surface area contributed by atoms with Crippen LogP contribution in [0, 0.1) is 0 Å². The Bertz CT molecular complexity index is 870. The predicted octanol–water partition coefficient (Wildman–Crippen LogP) is 3.00. The highest BCUT2D eigenvalue weighted by Crippen LogP contribution is 2.42. The van der Waals surface area contributed by atoms with E-state index >= 15 is 0 Å². The van der Waals surface area contributed by atoms with Gasteiger partial charge >= 0.3 is 5.97 Å². The molecule has 1 unspecified atom stereocenters. The van der Waals surface area contributed by atoms with E-state index in [1.165, 1.54) is 0 Å². The zero-order valence-corrected chi connectivity index (χ0v) is 18.2. The monoisotopic (exact) mass is 433 g/mol. The Morgan fingerprint density at radius 1 is 0.967 bits per heavy atom. The minimum atomic E-state index is -3.10. The third-order valence-corrected chi connectivity index (χ3v) is 8.86. The van der Waals surface area contributed by atoms with Crippen molar-refractivity contribution in [3.05, 3.63) is 35.9 Å². The van der Waals surface area contributed by atoms with Gasteiger partial charge in [-0.05, 0) is 37.7 Å². The normalized spacial score (nSPS) is 25.3. The quantitative estimate of drug-likeness (QED) is 0.644. The third kappa shape index (κ3) is 4.27. The van der Waals surface area contributed by atoms with E-state index in [-0.39, 0.29) is 42.1 Å². The lowest BCUT2D eigenvalue weighted by atomic mass is 9.79. The molecule has 0 bridgehead atoms. The van der Waals surface area contributed by atoms with E-state index in [0.29, 0.717) is 6.42 Å². The molecule has 3 aliphatic rings. The van der Waals surface area contributed by atoms with Gasteiger partial charge in [0.05, 0.1) is 16.9 Å². The highest BCUT2D eigenvalue weighted by atomic mass is 32.2. The number of amides is 1. The predicted molar refractivity (Wildman–Crippen MR) is 114 cm³/mol. The fourth-order valence-corrected chi connectivity index (χ4v) is 7.28. The van der Waals surface area contributed by atoms with Crippen LogP contribution < -0.4 is 0 Å². The molecule has 0 aromatic heterocycles. The highest BCUT2D eigenvalue weighted by Gasteiger charge is 2.45. The third-order valence-electron chi connectivity index (χ3n) is 7.11. The van der Waals surface area contributed by atoms with E-state index in [1.807, 2.05) is 30.3 Å². The lowest BCUT2D eigenvalue weighted by Gasteiger charge is -2.34. The first-order chi connectivity index (χ1) is 14.4. The van der Waals surface area contributed by atoms with Crippen molar-refractivity contribution in [2.24, 2.45) is 0 Å². The number of nitrogens with zero attached hydrogens (tertiary/aromatic N) is 1. The van der Waals surface area contributed by atoms with Gasteiger partial charge in [0.15, 0.2) is 16.4 Å². The van der Waals surface area contributed by atoms with Crippen molar-refractivity contribution < 1.29 is 22.7 Å². The molecule has 1 amide bonds. The second-order valence-electron chi connectivity index (χ2n) is 9.03. The van der Waals surface area contributed by atoms with Gasteiger partial charge < -0.3 is 9.64 Å². The standard InChI is InChI=1S/C23H31NO5S/c25-21(24(19-10-4-5-11-19)20-12-15-30(27,28)17-20)16-29-22(26)23(13-6-7-14-23)18-8-2-1-3-9-18/h1-3,8-9,19-20H,4-7,10-17H2. The number of ether oxygens (including phenoxy) is 1. The van der Waals surface area contributed by atoms with Crippen LogP contribution in [0.3, 0.4) is 0 Å². The van der Waals surface area contributed by atoms with E-state index in [1.54, 1.807) is 4.90 Å². The SMILES string of the molecule is O=C(COC(=O)C1(c2ccccc2)CCCC1)N(C1CCCC1)C1CCS(=O)(=O)C1. The largest absolute Gasteiger partial charge is 0.455 e. The molecule has 30 heavy (non-hydrogen) atoms. The zero-order chi connectivity index (χ0) is 21.2. The Morgan fingerprint density at radius 3 is 2.23 bits per heavy atom. The molecule has 1 saturated heterocycles. The smallest absolute Gasteiger partial charge is 0.317 e. The van der Waals surface area contributed by atoms with Crippen LogP contribution in [-0.2, 0) is 29.6 Å². The summed E-state index contributed by atoms with van der Waals surface area (Å²) in [5.74, 6) is -0.425. The maximum absolute atomic E-state index is 13.2. The van der Waals surface area contributed by atoms with Crippen molar-refractivity contribution in [3.8, 4) is 0 Å². The van der Waals surface area contributed by atoms with E-state index in [0.717, 1.165) is 56.9 Å². The van der Waals surface area contributed by atoms with Crippen LogP contribution >= 0.6 is 0 Å². The maximum Gasteiger partial charge on any atom is 0.317 e. The van der Waals surface area contributed by atoms with Crippen molar-refractivity contribution in [1.82, 2.24) is 4.90 Å². The van der Waals surface area contributed by atoms with Crippen molar-refractivity contribution in [3.63, 3.8) is 0 Å². The average Bonchev–Trinajstić information content (AvgIpc) is 3.49. The number of hydrogen-bond donors (Lipinski definition) is 0. The topological polar surface area (TPSA) is 80.8 Å².